The van der Waals surface area contributed by atoms with Gasteiger partial charge in [0.05, 0.1) is 5.92 Å². The molecule has 2 atom stereocenters. The van der Waals surface area contributed by atoms with Crippen molar-refractivity contribution in [1.82, 2.24) is 0 Å². The van der Waals surface area contributed by atoms with Crippen LogP contribution in [0, 0.1) is 0 Å². The maximum atomic E-state index is 12.6. The van der Waals surface area contributed by atoms with E-state index in [1.165, 1.54) is 16.3 Å². The van der Waals surface area contributed by atoms with Crippen LogP contribution in [-0.2, 0) is 15.8 Å². The third-order valence-electron chi connectivity index (χ3n) is 5.05. The molecule has 3 aromatic rings. The Morgan fingerprint density at radius 2 is 1.57 bits per heavy atom. The molecular weight excluding hydrogens is 371 g/mol. The smallest absolute Gasteiger partial charge is 0.311 e. The maximum absolute atomic E-state index is 12.6. The van der Waals surface area contributed by atoms with Crippen molar-refractivity contribution in [1.29, 1.82) is 0 Å². The van der Waals surface area contributed by atoms with Crippen LogP contribution in [0.1, 0.15) is 29.9 Å². The maximum Gasteiger partial charge on any atom is 0.311 e. The fourth-order valence-electron chi connectivity index (χ4n) is 3.57. The molecule has 3 aromatic carbocycles. The average molecular weight is 396 g/mol. The summed E-state index contributed by atoms with van der Waals surface area (Å²) in [4.78, 5) is 21.9. The van der Waals surface area contributed by atoms with Crippen molar-refractivity contribution in [2.75, 3.05) is 12.3 Å². The van der Waals surface area contributed by atoms with E-state index in [1.807, 2.05) is 18.2 Å². The van der Waals surface area contributed by atoms with Gasteiger partial charge in [0.2, 0.25) is 7.37 Å². The summed E-state index contributed by atoms with van der Waals surface area (Å²) >= 11 is 0. The van der Waals surface area contributed by atoms with E-state index in [-0.39, 0.29) is 12.3 Å². The molecule has 0 aliphatic rings. The molecule has 0 aliphatic carbocycles. The molecule has 0 amide bonds. The Bertz CT molecular complexity index is 979. The fraction of sp³-hybridized carbons (Fsp3) is 0.261. The molecule has 0 bridgehead atoms. The van der Waals surface area contributed by atoms with E-state index >= 15 is 0 Å². The minimum absolute atomic E-state index is 0.147. The summed E-state index contributed by atoms with van der Waals surface area (Å²) in [6.07, 6.45) is 2.15. The van der Waals surface area contributed by atoms with Crippen LogP contribution in [0.4, 0.5) is 0 Å². The Kier molecular flexibility index (Phi) is 6.66. The van der Waals surface area contributed by atoms with Gasteiger partial charge in [0.25, 0.3) is 0 Å². The lowest BCUT2D eigenvalue weighted by atomic mass is 10.0. The van der Waals surface area contributed by atoms with Crippen LogP contribution in [-0.4, -0.2) is 28.3 Å². The van der Waals surface area contributed by atoms with E-state index in [2.05, 4.69) is 24.3 Å². The predicted molar refractivity (Wildman–Crippen MR) is 113 cm³/mol. The molecule has 0 fully saturated rings. The predicted octanol–water partition coefficient (Wildman–Crippen LogP) is 5.30. The molecule has 2 unspecified atom stereocenters. The van der Waals surface area contributed by atoms with E-state index in [0.717, 1.165) is 12.8 Å². The first-order valence-corrected chi connectivity index (χ1v) is 11.5. The molecule has 3 rings (SSSR count). The van der Waals surface area contributed by atoms with Gasteiger partial charge in [-0.25, -0.2) is 0 Å². The SMILES string of the molecule is O=C(O)C(CP(=O)(O)CCCCc1cccc2ccccc12)c1ccccc1. The van der Waals surface area contributed by atoms with Crippen molar-refractivity contribution < 1.29 is 19.4 Å². The molecule has 4 nitrogen and oxygen atoms in total. The molecule has 28 heavy (non-hydrogen) atoms. The minimum Gasteiger partial charge on any atom is -0.481 e. The molecule has 0 saturated heterocycles. The van der Waals surface area contributed by atoms with Crippen molar-refractivity contribution in [3.63, 3.8) is 0 Å². The number of hydrogen-bond donors (Lipinski definition) is 2. The van der Waals surface area contributed by atoms with Gasteiger partial charge in [-0.2, -0.15) is 0 Å². The summed E-state index contributed by atoms with van der Waals surface area (Å²) in [7, 11) is -3.52. The first-order chi connectivity index (χ1) is 13.5. The number of carbonyl (C=O) groups is 1. The topological polar surface area (TPSA) is 74.6 Å². The Morgan fingerprint density at radius 1 is 0.893 bits per heavy atom. The van der Waals surface area contributed by atoms with Gasteiger partial charge in [0.1, 0.15) is 0 Å². The molecule has 0 aromatic heterocycles. The summed E-state index contributed by atoms with van der Waals surface area (Å²) < 4.78 is 12.6. The van der Waals surface area contributed by atoms with Crippen molar-refractivity contribution in [2.45, 2.75) is 25.2 Å². The minimum atomic E-state index is -3.52. The van der Waals surface area contributed by atoms with E-state index in [1.54, 1.807) is 30.3 Å². The van der Waals surface area contributed by atoms with E-state index in [9.17, 15) is 19.4 Å². The number of hydrogen-bond acceptors (Lipinski definition) is 2. The van der Waals surface area contributed by atoms with E-state index < -0.39 is 19.3 Å². The monoisotopic (exact) mass is 396 g/mol. The first-order valence-electron chi connectivity index (χ1n) is 9.51. The van der Waals surface area contributed by atoms with Crippen LogP contribution in [0.15, 0.2) is 72.8 Å². The lowest BCUT2D eigenvalue weighted by molar-refractivity contribution is -0.138. The summed E-state index contributed by atoms with van der Waals surface area (Å²) in [5.41, 5.74) is 1.80. The zero-order valence-corrected chi connectivity index (χ0v) is 16.6. The standard InChI is InChI=1S/C23H25O4P/c24-23(25)22(20-9-2-1-3-10-20)17-28(26,27)16-7-6-12-19-14-8-13-18-11-4-5-15-21(18)19/h1-5,8-11,13-15,22H,6-7,12,16-17H2,(H,24,25)(H,26,27). The molecule has 0 saturated carbocycles. The molecule has 0 aliphatic heterocycles. The van der Waals surface area contributed by atoms with E-state index in [4.69, 9.17) is 0 Å². The first kappa shape index (κ1) is 20.3. The van der Waals surface area contributed by atoms with Gasteiger partial charge in [-0.3, -0.25) is 9.36 Å². The Morgan fingerprint density at radius 3 is 2.32 bits per heavy atom. The third kappa shape index (κ3) is 5.31. The van der Waals surface area contributed by atoms with Crippen LogP contribution in [0.3, 0.4) is 0 Å². The van der Waals surface area contributed by atoms with Gasteiger partial charge < -0.3 is 10.00 Å². The third-order valence-corrected chi connectivity index (χ3v) is 7.00. The molecule has 0 radical (unpaired) electrons. The lowest BCUT2D eigenvalue weighted by Crippen LogP contribution is -2.17. The zero-order chi connectivity index (χ0) is 20.0. The number of carboxylic acids is 1. The summed E-state index contributed by atoms with van der Waals surface area (Å²) in [6.45, 7) is 0. The van der Waals surface area contributed by atoms with Crippen LogP contribution in [0.5, 0.6) is 0 Å². The Hall–Kier alpha value is -2.42. The number of fused-ring (bicyclic) bond motifs is 1. The van der Waals surface area contributed by atoms with Gasteiger partial charge in [0.15, 0.2) is 0 Å². The Balaban J connectivity index is 1.57. The molecule has 146 valence electrons. The Labute approximate surface area is 165 Å². The van der Waals surface area contributed by atoms with Crippen molar-refractivity contribution in [3.05, 3.63) is 83.9 Å². The van der Waals surface area contributed by atoms with Gasteiger partial charge >= 0.3 is 5.97 Å². The average Bonchev–Trinajstić information content (AvgIpc) is 2.70. The van der Waals surface area contributed by atoms with E-state index in [0.29, 0.717) is 12.0 Å². The van der Waals surface area contributed by atoms with Crippen LogP contribution in [0.25, 0.3) is 10.8 Å². The highest BCUT2D eigenvalue weighted by Gasteiger charge is 2.29. The molecule has 5 heteroatoms. The lowest BCUT2D eigenvalue weighted by Gasteiger charge is -2.17. The molecular formula is C23H25O4P. The summed E-state index contributed by atoms with van der Waals surface area (Å²) in [6, 6.07) is 23.1. The van der Waals surface area contributed by atoms with Crippen LogP contribution >= 0.6 is 7.37 Å². The highest BCUT2D eigenvalue weighted by molar-refractivity contribution is 7.58. The second-order valence-corrected chi connectivity index (χ2v) is 9.65. The number of aliphatic carboxylic acids is 1. The molecule has 0 heterocycles. The summed E-state index contributed by atoms with van der Waals surface area (Å²) in [5, 5.41) is 11.9. The number of rotatable bonds is 9. The number of aryl methyl sites for hydroxylation is 1. The summed E-state index contributed by atoms with van der Waals surface area (Å²) in [5.74, 6) is -2.01. The van der Waals surface area contributed by atoms with Crippen molar-refractivity contribution in [2.24, 2.45) is 0 Å². The number of benzene rings is 3. The van der Waals surface area contributed by atoms with Gasteiger partial charge in [-0.15, -0.1) is 0 Å². The highest BCUT2D eigenvalue weighted by atomic mass is 31.2. The number of unbranched alkanes of at least 4 members (excludes halogenated alkanes) is 1. The molecule has 0 spiro atoms. The second kappa shape index (κ2) is 9.18. The van der Waals surface area contributed by atoms with Crippen LogP contribution < -0.4 is 0 Å². The van der Waals surface area contributed by atoms with Gasteiger partial charge in [-0.1, -0.05) is 72.8 Å². The van der Waals surface area contributed by atoms with Crippen LogP contribution in [0.2, 0.25) is 0 Å². The van der Waals surface area contributed by atoms with Crippen molar-refractivity contribution in [3.8, 4) is 0 Å². The molecule has 2 N–H and O–H groups in total. The quantitative estimate of drug-likeness (QED) is 0.380. The highest BCUT2D eigenvalue weighted by Crippen LogP contribution is 2.45. The van der Waals surface area contributed by atoms with Gasteiger partial charge in [0, 0.05) is 12.3 Å². The second-order valence-electron chi connectivity index (χ2n) is 7.15. The van der Waals surface area contributed by atoms with Gasteiger partial charge in [-0.05, 0) is 41.2 Å². The fourth-order valence-corrected chi connectivity index (χ4v) is 5.41. The zero-order valence-electron chi connectivity index (χ0n) is 15.7. The van der Waals surface area contributed by atoms with Crippen molar-refractivity contribution >= 4 is 24.1 Å². The number of carboxylic acid groups (broad SMARTS) is 1. The largest absolute Gasteiger partial charge is 0.481 e. The normalized spacial score (nSPS) is 14.5.